The Morgan fingerprint density at radius 1 is 1.24 bits per heavy atom. The molecule has 2 rings (SSSR count). The van der Waals surface area contributed by atoms with Crippen molar-refractivity contribution in [2.24, 2.45) is 0 Å². The van der Waals surface area contributed by atoms with Gasteiger partial charge < -0.3 is 5.32 Å². The quantitative estimate of drug-likeness (QED) is 0.608. The van der Waals surface area contributed by atoms with Crippen LogP contribution in [0.25, 0.3) is 0 Å². The maximum Gasteiger partial charge on any atom is 0.234 e. The topological polar surface area (TPSA) is 61.4 Å². The first-order valence-corrected chi connectivity index (χ1v) is 8.50. The van der Waals surface area contributed by atoms with Gasteiger partial charge in [0.25, 0.3) is 0 Å². The highest BCUT2D eigenvalue weighted by Gasteiger charge is 2.18. The number of carbonyl (C=O) groups is 1. The van der Waals surface area contributed by atoms with Crippen LogP contribution in [0.15, 0.2) is 17.6 Å². The van der Waals surface area contributed by atoms with Gasteiger partial charge in [-0.15, -0.1) is 0 Å². The normalized spacial score (nSPS) is 16.9. The number of rotatable bonds is 6. The van der Waals surface area contributed by atoms with Crippen LogP contribution < -0.4 is 5.32 Å². The summed E-state index contributed by atoms with van der Waals surface area (Å²) in [6.45, 7) is 7.84. The summed E-state index contributed by atoms with van der Waals surface area (Å²) >= 11 is 1.55. The van der Waals surface area contributed by atoms with Gasteiger partial charge in [-0.2, -0.15) is 0 Å². The van der Waals surface area contributed by atoms with Crippen LogP contribution in [0.3, 0.4) is 0 Å². The summed E-state index contributed by atoms with van der Waals surface area (Å²) in [6, 6.07) is 0. The Hall–Kier alpha value is -1.18. The fourth-order valence-electron chi connectivity index (χ4n) is 2.35. The minimum atomic E-state index is 0.118. The van der Waals surface area contributed by atoms with Gasteiger partial charge in [-0.1, -0.05) is 11.8 Å². The van der Waals surface area contributed by atoms with E-state index in [0.29, 0.717) is 13.1 Å². The van der Waals surface area contributed by atoms with Crippen molar-refractivity contribution < 1.29 is 4.79 Å². The Morgan fingerprint density at radius 2 is 1.86 bits per heavy atom. The predicted octanol–water partition coefficient (Wildman–Crippen LogP) is 0.452. The lowest BCUT2D eigenvalue weighted by Crippen LogP contribution is -2.49. The number of hydrogen-bond acceptors (Lipinski definition) is 6. The second kappa shape index (κ2) is 8.31. The highest BCUT2D eigenvalue weighted by Crippen LogP contribution is 2.10. The molecule has 1 aliphatic heterocycles. The standard InChI is InChI=1S/C14H23N5OS/c1-3-15-13(20)11-19-6-4-18(5-7-19)10-12-8-16-14(21-2)17-9-12/h8-9H,3-7,10-11H2,1-2H3,(H,15,20). The van der Waals surface area contributed by atoms with E-state index < -0.39 is 0 Å². The fraction of sp³-hybridized carbons (Fsp3) is 0.643. The average molecular weight is 309 g/mol. The molecule has 1 saturated heterocycles. The van der Waals surface area contributed by atoms with Crippen molar-refractivity contribution in [1.82, 2.24) is 25.1 Å². The van der Waals surface area contributed by atoms with Crippen LogP contribution in [0.1, 0.15) is 12.5 Å². The van der Waals surface area contributed by atoms with E-state index >= 15 is 0 Å². The molecular formula is C14H23N5OS. The summed E-state index contributed by atoms with van der Waals surface area (Å²) in [5.74, 6) is 0.118. The van der Waals surface area contributed by atoms with Crippen molar-refractivity contribution in [1.29, 1.82) is 0 Å². The van der Waals surface area contributed by atoms with Gasteiger partial charge in [0.2, 0.25) is 5.91 Å². The Labute approximate surface area is 130 Å². The number of nitrogens with zero attached hydrogens (tertiary/aromatic N) is 4. The molecular weight excluding hydrogens is 286 g/mol. The maximum atomic E-state index is 11.6. The molecule has 116 valence electrons. The van der Waals surface area contributed by atoms with Crippen LogP contribution >= 0.6 is 11.8 Å². The zero-order valence-electron chi connectivity index (χ0n) is 12.7. The summed E-state index contributed by atoms with van der Waals surface area (Å²) in [5, 5.41) is 3.65. The maximum absolute atomic E-state index is 11.6. The van der Waals surface area contributed by atoms with E-state index in [1.54, 1.807) is 11.8 Å². The zero-order chi connectivity index (χ0) is 15.1. The summed E-state index contributed by atoms with van der Waals surface area (Å²) < 4.78 is 0. The highest BCUT2D eigenvalue weighted by atomic mass is 32.2. The molecule has 1 aliphatic rings. The van der Waals surface area contributed by atoms with E-state index in [2.05, 4.69) is 25.1 Å². The Balaban J connectivity index is 1.74. The molecule has 0 spiro atoms. The number of piperazine rings is 1. The van der Waals surface area contributed by atoms with Crippen molar-refractivity contribution in [2.75, 3.05) is 45.5 Å². The van der Waals surface area contributed by atoms with Gasteiger partial charge >= 0.3 is 0 Å². The van der Waals surface area contributed by atoms with Crippen LogP contribution in [0, 0.1) is 0 Å². The molecule has 1 fully saturated rings. The SMILES string of the molecule is CCNC(=O)CN1CCN(Cc2cnc(SC)nc2)CC1. The van der Waals surface area contributed by atoms with Gasteiger partial charge in [0.05, 0.1) is 6.54 Å². The van der Waals surface area contributed by atoms with Gasteiger partial charge in [0, 0.05) is 57.2 Å². The molecule has 2 heterocycles. The smallest absolute Gasteiger partial charge is 0.234 e. The second-order valence-corrected chi connectivity index (χ2v) is 5.86. The van der Waals surface area contributed by atoms with Crippen molar-refractivity contribution in [2.45, 2.75) is 18.6 Å². The largest absolute Gasteiger partial charge is 0.355 e. The third kappa shape index (κ3) is 5.26. The lowest BCUT2D eigenvalue weighted by atomic mass is 10.2. The fourth-order valence-corrected chi connectivity index (χ4v) is 2.67. The van der Waals surface area contributed by atoms with Crippen LogP contribution in [0.2, 0.25) is 0 Å². The zero-order valence-corrected chi connectivity index (χ0v) is 13.5. The Bertz CT molecular complexity index is 445. The number of nitrogens with one attached hydrogen (secondary N) is 1. The average Bonchev–Trinajstić information content (AvgIpc) is 2.50. The van der Waals surface area contributed by atoms with Crippen LogP contribution in [-0.4, -0.2) is 71.2 Å². The monoisotopic (exact) mass is 309 g/mol. The molecule has 6 nitrogen and oxygen atoms in total. The van der Waals surface area contributed by atoms with Crippen LogP contribution in [0.5, 0.6) is 0 Å². The first-order valence-electron chi connectivity index (χ1n) is 7.27. The van der Waals surface area contributed by atoms with Crippen molar-refractivity contribution in [3.05, 3.63) is 18.0 Å². The first kappa shape index (κ1) is 16.2. The summed E-state index contributed by atoms with van der Waals surface area (Å²) in [7, 11) is 0. The number of aromatic nitrogens is 2. The molecule has 0 radical (unpaired) electrons. The summed E-state index contributed by atoms with van der Waals surface area (Å²) in [5.41, 5.74) is 1.14. The van der Waals surface area contributed by atoms with Crippen molar-refractivity contribution in [3.8, 4) is 0 Å². The van der Waals surface area contributed by atoms with Crippen molar-refractivity contribution >= 4 is 17.7 Å². The number of thioether (sulfide) groups is 1. The lowest BCUT2D eigenvalue weighted by Gasteiger charge is -2.34. The van der Waals surface area contributed by atoms with Gasteiger partial charge in [0.1, 0.15) is 0 Å². The highest BCUT2D eigenvalue weighted by molar-refractivity contribution is 7.98. The number of amides is 1. The van der Waals surface area contributed by atoms with Gasteiger partial charge in [-0.05, 0) is 13.2 Å². The minimum Gasteiger partial charge on any atom is -0.355 e. The molecule has 1 amide bonds. The molecule has 7 heteroatoms. The second-order valence-electron chi connectivity index (χ2n) is 5.08. The van der Waals surface area contributed by atoms with Gasteiger partial charge in [-0.3, -0.25) is 14.6 Å². The molecule has 0 saturated carbocycles. The third-order valence-corrected chi connectivity index (χ3v) is 4.05. The van der Waals surface area contributed by atoms with E-state index in [9.17, 15) is 4.79 Å². The molecule has 1 N–H and O–H groups in total. The van der Waals surface area contributed by atoms with Crippen LogP contribution in [-0.2, 0) is 11.3 Å². The van der Waals surface area contributed by atoms with E-state index in [0.717, 1.165) is 43.4 Å². The van der Waals surface area contributed by atoms with E-state index in [4.69, 9.17) is 0 Å². The molecule has 1 aromatic heterocycles. The molecule has 0 unspecified atom stereocenters. The Morgan fingerprint density at radius 3 is 2.43 bits per heavy atom. The lowest BCUT2D eigenvalue weighted by molar-refractivity contribution is -0.122. The van der Waals surface area contributed by atoms with Crippen molar-refractivity contribution in [3.63, 3.8) is 0 Å². The Kier molecular flexibility index (Phi) is 6.41. The molecule has 0 atom stereocenters. The van der Waals surface area contributed by atoms with Crippen LogP contribution in [0.4, 0.5) is 0 Å². The van der Waals surface area contributed by atoms with E-state index in [1.165, 1.54) is 0 Å². The number of hydrogen-bond donors (Lipinski definition) is 1. The van der Waals surface area contributed by atoms with Gasteiger partial charge in [-0.25, -0.2) is 9.97 Å². The van der Waals surface area contributed by atoms with E-state index in [-0.39, 0.29) is 5.91 Å². The molecule has 0 aliphatic carbocycles. The third-order valence-electron chi connectivity index (χ3n) is 3.48. The predicted molar refractivity (Wildman–Crippen MR) is 84.2 cm³/mol. The first-order chi connectivity index (χ1) is 10.2. The summed E-state index contributed by atoms with van der Waals surface area (Å²) in [6.07, 6.45) is 5.78. The minimum absolute atomic E-state index is 0.118. The van der Waals surface area contributed by atoms with E-state index in [1.807, 2.05) is 25.6 Å². The summed E-state index contributed by atoms with van der Waals surface area (Å²) in [4.78, 5) is 24.7. The molecule has 1 aromatic rings. The number of carbonyl (C=O) groups excluding carboxylic acids is 1. The van der Waals surface area contributed by atoms with Gasteiger partial charge in [0.15, 0.2) is 5.16 Å². The molecule has 0 bridgehead atoms. The number of likely N-dealkylation sites (N-methyl/N-ethyl adjacent to an activating group) is 1. The molecule has 21 heavy (non-hydrogen) atoms. The molecule has 0 aromatic carbocycles.